The van der Waals surface area contributed by atoms with E-state index in [4.69, 9.17) is 4.74 Å². The summed E-state index contributed by atoms with van der Waals surface area (Å²) >= 11 is 2.20. The minimum Gasteiger partial charge on any atom is -0.477 e. The second-order valence-electron chi connectivity index (χ2n) is 5.63. The Hall–Kier alpha value is -2.29. The molecule has 2 aromatic carbocycles. The molecule has 130 valence electrons. The van der Waals surface area contributed by atoms with Crippen LogP contribution in [-0.2, 0) is 9.59 Å². The second kappa shape index (κ2) is 7.73. The van der Waals surface area contributed by atoms with Crippen LogP contribution in [0.3, 0.4) is 0 Å². The Morgan fingerprint density at radius 1 is 1.24 bits per heavy atom. The molecule has 0 aromatic heterocycles. The van der Waals surface area contributed by atoms with E-state index in [1.165, 1.54) is 0 Å². The van der Waals surface area contributed by atoms with Gasteiger partial charge in [-0.2, -0.15) is 0 Å². The number of halogens is 1. The predicted octanol–water partition coefficient (Wildman–Crippen LogP) is 2.24. The molecule has 1 atom stereocenters. The molecule has 2 amide bonds. The molecule has 1 heterocycles. The van der Waals surface area contributed by atoms with E-state index in [-0.39, 0.29) is 18.4 Å². The van der Waals surface area contributed by atoms with Crippen molar-refractivity contribution in [2.24, 2.45) is 0 Å². The van der Waals surface area contributed by atoms with Gasteiger partial charge in [-0.15, -0.1) is 0 Å². The first-order valence-electron chi connectivity index (χ1n) is 7.84. The van der Waals surface area contributed by atoms with Gasteiger partial charge in [0.25, 0.3) is 5.91 Å². The Labute approximate surface area is 159 Å². The summed E-state index contributed by atoms with van der Waals surface area (Å²) in [5.41, 5.74) is 1.56. The molecule has 0 aliphatic carbocycles. The van der Waals surface area contributed by atoms with E-state index in [9.17, 15) is 9.59 Å². The minimum atomic E-state index is -0.648. The molecular formula is C18H18IN3O3. The molecule has 1 unspecified atom stereocenters. The van der Waals surface area contributed by atoms with Gasteiger partial charge < -0.3 is 20.3 Å². The highest BCUT2D eigenvalue weighted by molar-refractivity contribution is 14.1. The molecule has 0 saturated carbocycles. The first-order chi connectivity index (χ1) is 12.1. The van der Waals surface area contributed by atoms with Crippen LogP contribution in [0.25, 0.3) is 0 Å². The molecule has 1 aliphatic heterocycles. The zero-order valence-corrected chi connectivity index (χ0v) is 15.8. The van der Waals surface area contributed by atoms with E-state index in [0.717, 1.165) is 14.9 Å². The quantitative estimate of drug-likeness (QED) is 0.700. The van der Waals surface area contributed by atoms with Crippen LogP contribution in [-0.4, -0.2) is 38.1 Å². The van der Waals surface area contributed by atoms with Crippen molar-refractivity contribution in [3.63, 3.8) is 0 Å². The summed E-state index contributed by atoms with van der Waals surface area (Å²) in [5.74, 6) is 0.247. The summed E-state index contributed by atoms with van der Waals surface area (Å²) in [4.78, 5) is 26.3. The first kappa shape index (κ1) is 17.5. The molecule has 6 nitrogen and oxygen atoms in total. The van der Waals surface area contributed by atoms with E-state index < -0.39 is 6.10 Å². The second-order valence-corrected chi connectivity index (χ2v) is 6.87. The van der Waals surface area contributed by atoms with Gasteiger partial charge in [-0.1, -0.05) is 18.2 Å². The third-order valence-electron chi connectivity index (χ3n) is 3.84. The monoisotopic (exact) mass is 451 g/mol. The summed E-state index contributed by atoms with van der Waals surface area (Å²) in [5, 5.41) is 5.49. The Bertz CT molecular complexity index is 797. The molecular weight excluding hydrogens is 433 g/mol. The predicted molar refractivity (Wildman–Crippen MR) is 105 cm³/mol. The maximum atomic E-state index is 12.5. The molecule has 2 N–H and O–H groups in total. The lowest BCUT2D eigenvalue weighted by Crippen LogP contribution is -2.50. The molecule has 7 heteroatoms. The van der Waals surface area contributed by atoms with E-state index in [2.05, 4.69) is 33.2 Å². The zero-order chi connectivity index (χ0) is 17.8. The highest BCUT2D eigenvalue weighted by atomic mass is 127. The van der Waals surface area contributed by atoms with Gasteiger partial charge >= 0.3 is 0 Å². The van der Waals surface area contributed by atoms with Crippen molar-refractivity contribution in [2.75, 3.05) is 30.4 Å². The van der Waals surface area contributed by atoms with Gasteiger partial charge in [-0.05, 0) is 52.9 Å². The molecule has 0 radical (unpaired) electrons. The number of nitrogens with zero attached hydrogens (tertiary/aromatic N) is 1. The van der Waals surface area contributed by atoms with Gasteiger partial charge in [0.1, 0.15) is 5.75 Å². The van der Waals surface area contributed by atoms with E-state index >= 15 is 0 Å². The lowest BCUT2D eigenvalue weighted by Gasteiger charge is -2.34. The van der Waals surface area contributed by atoms with Crippen LogP contribution >= 0.6 is 22.6 Å². The summed E-state index contributed by atoms with van der Waals surface area (Å²) < 4.78 is 6.79. The SMILES string of the molecule is CNC(=O)C1CN(CC(=O)Nc2cccc(I)c2)c2ccccc2O1. The maximum absolute atomic E-state index is 12.5. The van der Waals surface area contributed by atoms with Crippen LogP contribution in [0, 0.1) is 3.57 Å². The van der Waals surface area contributed by atoms with Crippen molar-refractivity contribution in [1.82, 2.24) is 5.32 Å². The van der Waals surface area contributed by atoms with E-state index in [1.807, 2.05) is 47.4 Å². The number of amides is 2. The van der Waals surface area contributed by atoms with Crippen molar-refractivity contribution in [3.8, 4) is 5.75 Å². The number of fused-ring (bicyclic) bond motifs is 1. The lowest BCUT2D eigenvalue weighted by atomic mass is 10.1. The topological polar surface area (TPSA) is 70.7 Å². The number of nitrogens with one attached hydrogen (secondary N) is 2. The number of rotatable bonds is 4. The molecule has 1 aliphatic rings. The van der Waals surface area contributed by atoms with Crippen LogP contribution in [0.4, 0.5) is 11.4 Å². The molecule has 2 aromatic rings. The Kier molecular flexibility index (Phi) is 5.42. The summed E-state index contributed by atoms with van der Waals surface area (Å²) in [6.07, 6.45) is -0.648. The average Bonchev–Trinajstić information content (AvgIpc) is 2.60. The van der Waals surface area contributed by atoms with Crippen LogP contribution in [0.2, 0.25) is 0 Å². The zero-order valence-electron chi connectivity index (χ0n) is 13.7. The Balaban J connectivity index is 1.75. The number of anilines is 2. The first-order valence-corrected chi connectivity index (χ1v) is 8.92. The van der Waals surface area contributed by atoms with Gasteiger partial charge in [-0.3, -0.25) is 9.59 Å². The number of hydrogen-bond donors (Lipinski definition) is 2. The number of carbonyl (C=O) groups is 2. The molecule has 0 bridgehead atoms. The Morgan fingerprint density at radius 3 is 2.80 bits per heavy atom. The van der Waals surface area contributed by atoms with Crippen molar-refractivity contribution >= 4 is 45.8 Å². The highest BCUT2D eigenvalue weighted by Crippen LogP contribution is 2.32. The highest BCUT2D eigenvalue weighted by Gasteiger charge is 2.30. The van der Waals surface area contributed by atoms with Crippen molar-refractivity contribution < 1.29 is 14.3 Å². The van der Waals surface area contributed by atoms with Crippen LogP contribution in [0.1, 0.15) is 0 Å². The summed E-state index contributed by atoms with van der Waals surface area (Å²) in [7, 11) is 1.57. The van der Waals surface area contributed by atoms with Gasteiger partial charge in [0.15, 0.2) is 6.10 Å². The lowest BCUT2D eigenvalue weighted by molar-refractivity contribution is -0.127. The largest absolute Gasteiger partial charge is 0.477 e. The fraction of sp³-hybridized carbons (Fsp3) is 0.222. The van der Waals surface area contributed by atoms with Crippen LogP contribution in [0.5, 0.6) is 5.75 Å². The fourth-order valence-electron chi connectivity index (χ4n) is 2.69. The molecule has 3 rings (SSSR count). The van der Waals surface area contributed by atoms with Gasteiger partial charge in [0.05, 0.1) is 18.8 Å². The average molecular weight is 451 g/mol. The normalized spacial score (nSPS) is 15.8. The summed E-state index contributed by atoms with van der Waals surface area (Å²) in [6, 6.07) is 15.0. The number of carbonyl (C=O) groups excluding carboxylic acids is 2. The smallest absolute Gasteiger partial charge is 0.262 e. The molecule has 0 spiro atoms. The summed E-state index contributed by atoms with van der Waals surface area (Å²) in [6.45, 7) is 0.454. The molecule has 25 heavy (non-hydrogen) atoms. The third kappa shape index (κ3) is 4.22. The number of benzene rings is 2. The number of para-hydroxylation sites is 2. The molecule has 0 fully saturated rings. The van der Waals surface area contributed by atoms with Crippen molar-refractivity contribution in [3.05, 3.63) is 52.1 Å². The molecule has 0 saturated heterocycles. The van der Waals surface area contributed by atoms with Crippen LogP contribution < -0.4 is 20.3 Å². The standard InChI is InChI=1S/C18H18IN3O3/c1-20-18(24)16-10-22(14-7-2-3-8-15(14)25-16)11-17(23)21-13-6-4-5-12(19)9-13/h2-9,16H,10-11H2,1H3,(H,20,24)(H,21,23). The maximum Gasteiger partial charge on any atom is 0.262 e. The van der Waals surface area contributed by atoms with Gasteiger partial charge in [0, 0.05) is 16.3 Å². The number of likely N-dealkylation sites (N-methyl/N-ethyl adjacent to an activating group) is 1. The van der Waals surface area contributed by atoms with E-state index in [0.29, 0.717) is 12.3 Å². The Morgan fingerprint density at radius 2 is 2.04 bits per heavy atom. The van der Waals surface area contributed by atoms with Gasteiger partial charge in [0.2, 0.25) is 5.91 Å². The fourth-order valence-corrected chi connectivity index (χ4v) is 3.24. The van der Waals surface area contributed by atoms with Crippen molar-refractivity contribution in [2.45, 2.75) is 6.10 Å². The van der Waals surface area contributed by atoms with Crippen LogP contribution in [0.15, 0.2) is 48.5 Å². The number of hydrogen-bond acceptors (Lipinski definition) is 4. The number of ether oxygens (including phenoxy) is 1. The van der Waals surface area contributed by atoms with Gasteiger partial charge in [-0.25, -0.2) is 0 Å². The van der Waals surface area contributed by atoms with Crippen molar-refractivity contribution in [1.29, 1.82) is 0 Å². The van der Waals surface area contributed by atoms with E-state index in [1.54, 1.807) is 13.1 Å². The minimum absolute atomic E-state index is 0.138. The third-order valence-corrected chi connectivity index (χ3v) is 4.51.